The Morgan fingerprint density at radius 3 is 2.76 bits per heavy atom. The average Bonchev–Trinajstić information content (AvgIpc) is 2.97. The van der Waals surface area contributed by atoms with Gasteiger partial charge in [-0.05, 0) is 25.1 Å². The van der Waals surface area contributed by atoms with E-state index in [1.165, 1.54) is 10.5 Å². The highest BCUT2D eigenvalue weighted by Crippen LogP contribution is 2.30. The number of hydrogen-bond donors (Lipinski definition) is 1. The zero-order valence-electron chi connectivity index (χ0n) is 13.1. The first-order chi connectivity index (χ1) is 11.8. The number of esters is 1. The summed E-state index contributed by atoms with van der Waals surface area (Å²) in [6, 6.07) is 3.00. The van der Waals surface area contributed by atoms with Gasteiger partial charge >= 0.3 is 12.1 Å². The Bertz CT molecular complexity index is 1010. The lowest BCUT2D eigenvalue weighted by Crippen LogP contribution is -2.14. The molecule has 0 spiro atoms. The van der Waals surface area contributed by atoms with Gasteiger partial charge in [-0.15, -0.1) is 10.2 Å². The fourth-order valence-corrected chi connectivity index (χ4v) is 2.51. The topological polar surface area (TPSA) is 89.3 Å². The van der Waals surface area contributed by atoms with Gasteiger partial charge in [0, 0.05) is 6.42 Å². The van der Waals surface area contributed by atoms with Crippen molar-refractivity contribution >= 4 is 22.6 Å². The molecule has 0 bridgehead atoms. The first-order valence-corrected chi connectivity index (χ1v) is 7.44. The van der Waals surface area contributed by atoms with Gasteiger partial charge in [0.05, 0.1) is 29.6 Å². The number of aromatic amines is 1. The molecule has 2 aromatic heterocycles. The molecule has 3 aromatic rings. The number of carbonyl (C=O) groups excluding carboxylic acids is 1. The molecule has 0 aliphatic carbocycles. The predicted molar refractivity (Wildman–Crippen MR) is 81.1 cm³/mol. The van der Waals surface area contributed by atoms with Gasteiger partial charge < -0.3 is 9.72 Å². The van der Waals surface area contributed by atoms with Crippen LogP contribution in [0.3, 0.4) is 0 Å². The van der Waals surface area contributed by atoms with Crippen LogP contribution in [0.25, 0.3) is 16.7 Å². The number of halogens is 3. The number of ether oxygens (including phenoxy) is 1. The van der Waals surface area contributed by atoms with E-state index in [0.29, 0.717) is 11.3 Å². The van der Waals surface area contributed by atoms with Gasteiger partial charge in [-0.3, -0.25) is 14.0 Å². The van der Waals surface area contributed by atoms with Crippen molar-refractivity contribution in [3.63, 3.8) is 0 Å². The van der Waals surface area contributed by atoms with Gasteiger partial charge in [-0.25, -0.2) is 0 Å². The van der Waals surface area contributed by atoms with Gasteiger partial charge in [0.15, 0.2) is 0 Å². The van der Waals surface area contributed by atoms with Crippen molar-refractivity contribution in [1.29, 1.82) is 0 Å². The Balaban J connectivity index is 2.11. The average molecular weight is 354 g/mol. The molecule has 7 nitrogen and oxygen atoms in total. The zero-order valence-corrected chi connectivity index (χ0v) is 13.1. The van der Waals surface area contributed by atoms with Crippen molar-refractivity contribution in [2.75, 3.05) is 6.61 Å². The normalized spacial score (nSPS) is 12.0. The maximum Gasteiger partial charge on any atom is 0.416 e. The molecule has 0 saturated heterocycles. The number of nitrogens with one attached hydrogen (secondary N) is 1. The van der Waals surface area contributed by atoms with Crippen LogP contribution in [0.5, 0.6) is 0 Å². The van der Waals surface area contributed by atoms with E-state index in [2.05, 4.69) is 15.2 Å². The van der Waals surface area contributed by atoms with Crippen LogP contribution < -0.4 is 5.56 Å². The minimum Gasteiger partial charge on any atom is -0.466 e. The Labute approximate surface area is 138 Å². The second-order valence-corrected chi connectivity index (χ2v) is 5.26. The molecule has 0 aliphatic heterocycles. The molecule has 0 saturated carbocycles. The van der Waals surface area contributed by atoms with Crippen LogP contribution in [0.1, 0.15) is 24.7 Å². The number of rotatable bonds is 4. The van der Waals surface area contributed by atoms with Gasteiger partial charge in [-0.1, -0.05) is 0 Å². The smallest absolute Gasteiger partial charge is 0.416 e. The summed E-state index contributed by atoms with van der Waals surface area (Å²) in [5, 5.41) is 7.63. The molecule has 1 aromatic carbocycles. The minimum absolute atomic E-state index is 0.00418. The summed E-state index contributed by atoms with van der Waals surface area (Å²) in [6.07, 6.45) is -4.37. The molecule has 0 unspecified atom stereocenters. The van der Waals surface area contributed by atoms with E-state index in [1.807, 2.05) is 0 Å². The van der Waals surface area contributed by atoms with Gasteiger partial charge in [0.2, 0.25) is 5.65 Å². The number of alkyl halides is 3. The molecule has 1 N–H and O–H groups in total. The number of aryl methyl sites for hydroxylation is 1. The molecular formula is C15H13F3N4O3. The summed E-state index contributed by atoms with van der Waals surface area (Å²) in [4.78, 5) is 25.9. The molecule has 3 rings (SSSR count). The predicted octanol–water partition coefficient (Wildman–Crippen LogP) is 2.09. The van der Waals surface area contributed by atoms with Crippen LogP contribution in [-0.4, -0.2) is 32.2 Å². The monoisotopic (exact) mass is 354 g/mol. The van der Waals surface area contributed by atoms with Crippen LogP contribution in [0.4, 0.5) is 13.2 Å². The summed E-state index contributed by atoms with van der Waals surface area (Å²) in [5.41, 5.74) is -1.28. The van der Waals surface area contributed by atoms with Crippen molar-refractivity contribution in [2.24, 2.45) is 0 Å². The van der Waals surface area contributed by atoms with Crippen molar-refractivity contribution in [2.45, 2.75) is 25.9 Å². The maximum absolute atomic E-state index is 12.9. The third kappa shape index (κ3) is 3.19. The first-order valence-electron chi connectivity index (χ1n) is 7.44. The molecule has 132 valence electrons. The Morgan fingerprint density at radius 1 is 1.32 bits per heavy atom. The molecule has 2 heterocycles. The zero-order chi connectivity index (χ0) is 18.2. The van der Waals surface area contributed by atoms with Gasteiger partial charge in [0.1, 0.15) is 5.82 Å². The van der Waals surface area contributed by atoms with E-state index < -0.39 is 23.3 Å². The molecule has 0 aliphatic rings. The quantitative estimate of drug-likeness (QED) is 0.725. The van der Waals surface area contributed by atoms with E-state index in [4.69, 9.17) is 4.74 Å². The number of H-pyrrole nitrogens is 1. The fourth-order valence-electron chi connectivity index (χ4n) is 2.51. The number of aromatic nitrogens is 4. The molecule has 25 heavy (non-hydrogen) atoms. The van der Waals surface area contributed by atoms with Crippen LogP contribution >= 0.6 is 0 Å². The Morgan fingerprint density at radius 2 is 2.08 bits per heavy atom. The number of fused-ring (bicyclic) bond motifs is 3. The minimum atomic E-state index is -4.53. The van der Waals surface area contributed by atoms with Crippen molar-refractivity contribution in [1.82, 2.24) is 19.6 Å². The van der Waals surface area contributed by atoms with E-state index in [0.717, 1.165) is 12.1 Å². The molecule has 10 heteroatoms. The molecule has 0 radical (unpaired) electrons. The maximum atomic E-state index is 12.9. The molecule has 0 fully saturated rings. The van der Waals surface area contributed by atoms with Crippen molar-refractivity contribution < 1.29 is 22.7 Å². The highest BCUT2D eigenvalue weighted by molar-refractivity contribution is 5.78. The standard InChI is InChI=1S/C15H13F3N4O3/c1-2-25-12(23)6-5-11-20-21-13-14(24)19-9-7-8(15(16,17)18)3-4-10(9)22(11)13/h3-4,7H,2,5-6H2,1H3,(H,19,24). The van der Waals surface area contributed by atoms with Crippen LogP contribution in [0.2, 0.25) is 0 Å². The number of nitrogens with zero attached hydrogens (tertiary/aromatic N) is 3. The molecular weight excluding hydrogens is 341 g/mol. The van der Waals surface area contributed by atoms with Crippen LogP contribution in [-0.2, 0) is 22.1 Å². The highest BCUT2D eigenvalue weighted by atomic mass is 19.4. The third-order valence-corrected chi connectivity index (χ3v) is 3.60. The summed E-state index contributed by atoms with van der Waals surface area (Å²) >= 11 is 0. The van der Waals surface area contributed by atoms with Crippen molar-refractivity contribution in [3.05, 3.63) is 39.9 Å². The van der Waals surface area contributed by atoms with E-state index in [1.54, 1.807) is 6.92 Å². The summed E-state index contributed by atoms with van der Waals surface area (Å²) in [5.74, 6) is -0.147. The Kier molecular flexibility index (Phi) is 4.19. The summed E-state index contributed by atoms with van der Waals surface area (Å²) < 4.78 is 44.8. The number of carbonyl (C=O) groups is 1. The van der Waals surface area contributed by atoms with E-state index in [-0.39, 0.29) is 30.6 Å². The van der Waals surface area contributed by atoms with Gasteiger partial charge in [-0.2, -0.15) is 13.2 Å². The van der Waals surface area contributed by atoms with E-state index in [9.17, 15) is 22.8 Å². The highest BCUT2D eigenvalue weighted by Gasteiger charge is 2.31. The lowest BCUT2D eigenvalue weighted by atomic mass is 10.2. The van der Waals surface area contributed by atoms with Crippen LogP contribution in [0, 0.1) is 0 Å². The number of benzene rings is 1. The largest absolute Gasteiger partial charge is 0.466 e. The lowest BCUT2D eigenvalue weighted by molar-refractivity contribution is -0.143. The van der Waals surface area contributed by atoms with Crippen molar-refractivity contribution in [3.8, 4) is 0 Å². The molecule has 0 atom stereocenters. The molecule has 0 amide bonds. The lowest BCUT2D eigenvalue weighted by Gasteiger charge is -2.09. The van der Waals surface area contributed by atoms with Crippen LogP contribution in [0.15, 0.2) is 23.0 Å². The first kappa shape index (κ1) is 16.9. The second-order valence-electron chi connectivity index (χ2n) is 5.26. The summed E-state index contributed by atoms with van der Waals surface area (Å²) in [6.45, 7) is 1.91. The Hall–Kier alpha value is -2.91. The van der Waals surface area contributed by atoms with E-state index >= 15 is 0 Å². The second kappa shape index (κ2) is 6.19. The third-order valence-electron chi connectivity index (χ3n) is 3.60. The number of hydrogen-bond acceptors (Lipinski definition) is 5. The summed E-state index contributed by atoms with van der Waals surface area (Å²) in [7, 11) is 0. The fraction of sp³-hybridized carbons (Fsp3) is 0.333. The SMILES string of the molecule is CCOC(=O)CCc1nnc2c(=O)[nH]c3cc(C(F)(F)F)ccc3n12. The van der Waals surface area contributed by atoms with Gasteiger partial charge in [0.25, 0.3) is 5.56 Å².